The van der Waals surface area contributed by atoms with Crippen molar-refractivity contribution in [1.29, 1.82) is 0 Å². The fraction of sp³-hybridized carbons (Fsp3) is 1.00. The van der Waals surface area contributed by atoms with Crippen LogP contribution in [-0.4, -0.2) is 50.3 Å². The van der Waals surface area contributed by atoms with Crippen LogP contribution in [0.5, 0.6) is 0 Å². The van der Waals surface area contributed by atoms with Crippen LogP contribution in [0.2, 0.25) is 0 Å². The number of hydrogen-bond donors (Lipinski definition) is 1. The molecule has 0 aromatic heterocycles. The van der Waals surface area contributed by atoms with E-state index in [-0.39, 0.29) is 0 Å². The van der Waals surface area contributed by atoms with Crippen LogP contribution in [0, 0.1) is 5.41 Å². The second kappa shape index (κ2) is 8.23. The molecule has 1 rings (SSSR count). The van der Waals surface area contributed by atoms with Gasteiger partial charge in [-0.15, -0.1) is 0 Å². The molecule has 0 radical (unpaired) electrons. The smallest absolute Gasteiger partial charge is 0.0589 e. The van der Waals surface area contributed by atoms with E-state index < -0.39 is 0 Å². The molecule has 114 valence electrons. The molecule has 0 bridgehead atoms. The number of hydrogen-bond acceptors (Lipinski definition) is 3. The quantitative estimate of drug-likeness (QED) is 0.625. The van der Waals surface area contributed by atoms with Crippen LogP contribution in [0.1, 0.15) is 53.4 Å². The van der Waals surface area contributed by atoms with E-state index in [4.69, 9.17) is 4.74 Å². The zero-order chi connectivity index (χ0) is 14.3. The van der Waals surface area contributed by atoms with Crippen molar-refractivity contribution in [1.82, 2.24) is 10.2 Å². The highest BCUT2D eigenvalue weighted by Gasteiger charge is 2.30. The van der Waals surface area contributed by atoms with Gasteiger partial charge in [-0.25, -0.2) is 0 Å². The molecule has 0 aromatic rings. The Hall–Kier alpha value is -0.120. The monoisotopic (exact) mass is 270 g/mol. The summed E-state index contributed by atoms with van der Waals surface area (Å²) in [7, 11) is 1.79. The lowest BCUT2D eigenvalue weighted by Crippen LogP contribution is -2.46. The maximum atomic E-state index is 5.25. The molecule has 1 fully saturated rings. The van der Waals surface area contributed by atoms with Crippen LogP contribution in [0.25, 0.3) is 0 Å². The van der Waals surface area contributed by atoms with Crippen LogP contribution < -0.4 is 5.32 Å². The molecular weight excluding hydrogens is 236 g/mol. The van der Waals surface area contributed by atoms with Gasteiger partial charge in [-0.1, -0.05) is 20.3 Å². The highest BCUT2D eigenvalue weighted by Crippen LogP contribution is 2.27. The van der Waals surface area contributed by atoms with Gasteiger partial charge < -0.3 is 10.1 Å². The molecule has 0 amide bonds. The van der Waals surface area contributed by atoms with E-state index in [1.54, 1.807) is 7.11 Å². The van der Waals surface area contributed by atoms with Crippen molar-refractivity contribution in [3.05, 3.63) is 0 Å². The number of rotatable bonds is 11. The highest BCUT2D eigenvalue weighted by atomic mass is 16.5. The van der Waals surface area contributed by atoms with Crippen molar-refractivity contribution >= 4 is 0 Å². The molecule has 19 heavy (non-hydrogen) atoms. The topological polar surface area (TPSA) is 24.5 Å². The fourth-order valence-corrected chi connectivity index (χ4v) is 2.72. The molecule has 0 aliphatic heterocycles. The molecule has 1 saturated carbocycles. The number of methoxy groups -OCH3 is 1. The summed E-state index contributed by atoms with van der Waals surface area (Å²) in [5, 5.41) is 3.72. The number of ether oxygens (including phenoxy) is 1. The summed E-state index contributed by atoms with van der Waals surface area (Å²) in [6.07, 6.45) is 5.31. The van der Waals surface area contributed by atoms with Gasteiger partial charge in [0.05, 0.1) is 6.61 Å². The molecule has 0 saturated heterocycles. The summed E-state index contributed by atoms with van der Waals surface area (Å²) in [6.45, 7) is 13.5. The standard InChI is InChI=1S/C16H34N2O/c1-6-9-16(4,12-17-15-7-8-15)13-18(14(2)3)10-11-19-5/h14-15,17H,6-13H2,1-5H3. The first-order valence-electron chi connectivity index (χ1n) is 7.97. The zero-order valence-corrected chi connectivity index (χ0v) is 13.7. The average molecular weight is 270 g/mol. The van der Waals surface area contributed by atoms with Gasteiger partial charge in [0.1, 0.15) is 0 Å². The Morgan fingerprint density at radius 3 is 2.53 bits per heavy atom. The van der Waals surface area contributed by atoms with E-state index >= 15 is 0 Å². The summed E-state index contributed by atoms with van der Waals surface area (Å²) in [4.78, 5) is 2.56. The van der Waals surface area contributed by atoms with Crippen LogP contribution in [-0.2, 0) is 4.74 Å². The van der Waals surface area contributed by atoms with Gasteiger partial charge in [0.25, 0.3) is 0 Å². The summed E-state index contributed by atoms with van der Waals surface area (Å²) in [6, 6.07) is 1.40. The van der Waals surface area contributed by atoms with E-state index in [1.807, 2.05) is 0 Å². The Bertz CT molecular complexity index is 241. The van der Waals surface area contributed by atoms with Crippen molar-refractivity contribution in [2.75, 3.05) is 33.4 Å². The SMILES string of the molecule is CCCC(C)(CNC1CC1)CN(CCOC)C(C)C. The first-order chi connectivity index (χ1) is 9.00. The van der Waals surface area contributed by atoms with Crippen LogP contribution in [0.15, 0.2) is 0 Å². The van der Waals surface area contributed by atoms with Crippen molar-refractivity contribution in [2.24, 2.45) is 5.41 Å². The lowest BCUT2D eigenvalue weighted by molar-refractivity contribution is 0.0852. The second-order valence-corrected chi connectivity index (χ2v) is 6.77. The van der Waals surface area contributed by atoms with E-state index in [9.17, 15) is 0 Å². The minimum absolute atomic E-state index is 0.384. The van der Waals surface area contributed by atoms with Crippen molar-refractivity contribution < 1.29 is 4.74 Å². The molecular formula is C16H34N2O. The van der Waals surface area contributed by atoms with Gasteiger partial charge in [0, 0.05) is 38.8 Å². The maximum Gasteiger partial charge on any atom is 0.0589 e. The van der Waals surface area contributed by atoms with Gasteiger partial charge in [-0.2, -0.15) is 0 Å². The molecule has 0 spiro atoms. The molecule has 1 aliphatic rings. The third-order valence-corrected chi connectivity index (χ3v) is 4.15. The summed E-state index contributed by atoms with van der Waals surface area (Å²) in [5.41, 5.74) is 0.384. The van der Waals surface area contributed by atoms with E-state index in [0.717, 1.165) is 25.7 Å². The molecule has 3 nitrogen and oxygen atoms in total. The van der Waals surface area contributed by atoms with E-state index in [0.29, 0.717) is 11.5 Å². The lowest BCUT2D eigenvalue weighted by Gasteiger charge is -2.38. The lowest BCUT2D eigenvalue weighted by atomic mass is 9.84. The van der Waals surface area contributed by atoms with Crippen LogP contribution >= 0.6 is 0 Å². The normalized spacial score (nSPS) is 19.1. The third-order valence-electron chi connectivity index (χ3n) is 4.15. The van der Waals surface area contributed by atoms with Crippen molar-refractivity contribution in [3.8, 4) is 0 Å². The maximum absolute atomic E-state index is 5.25. The highest BCUT2D eigenvalue weighted by molar-refractivity contribution is 4.87. The van der Waals surface area contributed by atoms with E-state index in [2.05, 4.69) is 37.9 Å². The molecule has 0 heterocycles. The average Bonchev–Trinajstić information content (AvgIpc) is 3.16. The molecule has 1 aliphatic carbocycles. The largest absolute Gasteiger partial charge is 0.383 e. The van der Waals surface area contributed by atoms with Gasteiger partial charge >= 0.3 is 0 Å². The summed E-state index contributed by atoms with van der Waals surface area (Å²) in [5.74, 6) is 0. The Labute approximate surface area is 120 Å². The molecule has 0 aromatic carbocycles. The fourth-order valence-electron chi connectivity index (χ4n) is 2.72. The van der Waals surface area contributed by atoms with Crippen LogP contribution in [0.3, 0.4) is 0 Å². The zero-order valence-electron chi connectivity index (χ0n) is 13.7. The number of nitrogens with one attached hydrogen (secondary N) is 1. The van der Waals surface area contributed by atoms with Crippen molar-refractivity contribution in [2.45, 2.75) is 65.5 Å². The van der Waals surface area contributed by atoms with E-state index in [1.165, 1.54) is 32.2 Å². The van der Waals surface area contributed by atoms with Crippen molar-refractivity contribution in [3.63, 3.8) is 0 Å². The molecule has 1 N–H and O–H groups in total. The Balaban J connectivity index is 2.50. The van der Waals surface area contributed by atoms with Crippen LogP contribution in [0.4, 0.5) is 0 Å². The first-order valence-corrected chi connectivity index (χ1v) is 7.97. The second-order valence-electron chi connectivity index (χ2n) is 6.77. The van der Waals surface area contributed by atoms with Gasteiger partial charge in [0.15, 0.2) is 0 Å². The number of nitrogens with zero attached hydrogens (tertiary/aromatic N) is 1. The minimum atomic E-state index is 0.384. The predicted octanol–water partition coefficient (Wildman–Crippen LogP) is 2.90. The first kappa shape index (κ1) is 16.9. The third kappa shape index (κ3) is 6.73. The van der Waals surface area contributed by atoms with Gasteiger partial charge in [-0.3, -0.25) is 4.90 Å². The predicted molar refractivity (Wildman–Crippen MR) is 82.6 cm³/mol. The Morgan fingerprint density at radius 2 is 2.05 bits per heavy atom. The van der Waals surface area contributed by atoms with Gasteiger partial charge in [-0.05, 0) is 38.5 Å². The Morgan fingerprint density at radius 1 is 1.37 bits per heavy atom. The summed E-state index contributed by atoms with van der Waals surface area (Å²) < 4.78 is 5.25. The van der Waals surface area contributed by atoms with Gasteiger partial charge in [0.2, 0.25) is 0 Å². The molecule has 1 atom stereocenters. The molecule has 3 heteroatoms. The minimum Gasteiger partial charge on any atom is -0.383 e. The molecule has 1 unspecified atom stereocenters. The summed E-state index contributed by atoms with van der Waals surface area (Å²) >= 11 is 0. The Kier molecular flexibility index (Phi) is 7.33.